The summed E-state index contributed by atoms with van der Waals surface area (Å²) in [5, 5.41) is 6.94. The summed E-state index contributed by atoms with van der Waals surface area (Å²) in [6.45, 7) is 0. The Morgan fingerprint density at radius 3 is 3.07 bits per heavy atom. The van der Waals surface area contributed by atoms with Crippen molar-refractivity contribution < 1.29 is 0 Å². The van der Waals surface area contributed by atoms with Gasteiger partial charge in [0.2, 0.25) is 0 Å². The standard InChI is InChI=1S/C12H17N3/c1-13-12-14-9-6-2-4-8-5-3-7-10(15-12)11(8)9/h2,4,9-10H,3,5-7H2,1H3,(H2,13,14,15). The van der Waals surface area contributed by atoms with Crippen LogP contribution < -0.4 is 10.6 Å². The third kappa shape index (κ3) is 1.37. The predicted molar refractivity (Wildman–Crippen MR) is 61.8 cm³/mol. The van der Waals surface area contributed by atoms with Crippen LogP contribution in [-0.4, -0.2) is 25.1 Å². The summed E-state index contributed by atoms with van der Waals surface area (Å²) in [5.74, 6) is 0.963. The van der Waals surface area contributed by atoms with Crippen molar-refractivity contribution >= 4 is 5.96 Å². The number of rotatable bonds is 0. The van der Waals surface area contributed by atoms with E-state index in [2.05, 4.69) is 27.8 Å². The molecule has 0 aromatic rings. The van der Waals surface area contributed by atoms with E-state index in [9.17, 15) is 0 Å². The lowest BCUT2D eigenvalue weighted by atomic mass is 9.78. The molecule has 1 heterocycles. The first-order chi connectivity index (χ1) is 7.38. The van der Waals surface area contributed by atoms with Crippen molar-refractivity contribution in [2.24, 2.45) is 4.99 Å². The maximum absolute atomic E-state index is 4.23. The molecule has 2 aliphatic carbocycles. The highest BCUT2D eigenvalue weighted by atomic mass is 15.2. The molecule has 0 aromatic heterocycles. The minimum Gasteiger partial charge on any atom is -0.350 e. The first-order valence-corrected chi connectivity index (χ1v) is 5.78. The molecule has 80 valence electrons. The molecule has 0 spiro atoms. The number of allylic oxidation sites excluding steroid dienone is 2. The summed E-state index contributed by atoms with van der Waals surface area (Å²) >= 11 is 0. The Bertz CT molecular complexity index is 365. The summed E-state index contributed by atoms with van der Waals surface area (Å²) in [6.07, 6.45) is 9.51. The molecule has 0 amide bonds. The van der Waals surface area contributed by atoms with Crippen LogP contribution in [-0.2, 0) is 0 Å². The molecular formula is C12H17N3. The Labute approximate surface area is 90.4 Å². The Balaban J connectivity index is 2.00. The topological polar surface area (TPSA) is 36.4 Å². The molecule has 1 aliphatic heterocycles. The number of nitrogens with zero attached hydrogens (tertiary/aromatic N) is 1. The zero-order valence-corrected chi connectivity index (χ0v) is 9.09. The fourth-order valence-electron chi connectivity index (χ4n) is 2.93. The number of nitrogens with one attached hydrogen (secondary N) is 2. The molecule has 1 saturated heterocycles. The highest BCUT2D eigenvalue weighted by Gasteiger charge is 2.34. The monoisotopic (exact) mass is 203 g/mol. The van der Waals surface area contributed by atoms with Crippen LogP contribution in [0.15, 0.2) is 28.3 Å². The summed E-state index contributed by atoms with van der Waals surface area (Å²) < 4.78 is 0. The quantitative estimate of drug-likeness (QED) is 0.623. The predicted octanol–water partition coefficient (Wildman–Crippen LogP) is 1.34. The maximum atomic E-state index is 4.23. The van der Waals surface area contributed by atoms with Crippen molar-refractivity contribution in [2.75, 3.05) is 7.05 Å². The summed E-state index contributed by atoms with van der Waals surface area (Å²) in [7, 11) is 1.84. The van der Waals surface area contributed by atoms with Gasteiger partial charge in [-0.1, -0.05) is 12.2 Å². The largest absolute Gasteiger partial charge is 0.350 e. The summed E-state index contributed by atoms with van der Waals surface area (Å²) in [5.41, 5.74) is 3.15. The van der Waals surface area contributed by atoms with E-state index in [1.54, 1.807) is 11.1 Å². The summed E-state index contributed by atoms with van der Waals surface area (Å²) in [6, 6.07) is 1.03. The third-order valence-corrected chi connectivity index (χ3v) is 3.60. The lowest BCUT2D eigenvalue weighted by Gasteiger charge is -2.41. The first-order valence-electron chi connectivity index (χ1n) is 5.78. The smallest absolute Gasteiger partial charge is 0.191 e. The fourth-order valence-corrected chi connectivity index (χ4v) is 2.93. The number of hydrogen-bond donors (Lipinski definition) is 2. The van der Waals surface area contributed by atoms with Crippen molar-refractivity contribution in [1.82, 2.24) is 10.6 Å². The van der Waals surface area contributed by atoms with Crippen molar-refractivity contribution in [1.29, 1.82) is 0 Å². The van der Waals surface area contributed by atoms with E-state index in [0.29, 0.717) is 12.1 Å². The van der Waals surface area contributed by atoms with Gasteiger partial charge in [0.05, 0.1) is 12.1 Å². The molecule has 3 rings (SSSR count). The third-order valence-electron chi connectivity index (χ3n) is 3.60. The lowest BCUT2D eigenvalue weighted by molar-refractivity contribution is 0.461. The second-order valence-electron chi connectivity index (χ2n) is 4.48. The van der Waals surface area contributed by atoms with Crippen molar-refractivity contribution in [3.8, 4) is 0 Å². The van der Waals surface area contributed by atoms with Gasteiger partial charge in [-0.25, -0.2) is 0 Å². The molecule has 0 bridgehead atoms. The molecule has 3 nitrogen and oxygen atoms in total. The van der Waals surface area contributed by atoms with Crippen LogP contribution in [0.2, 0.25) is 0 Å². The molecule has 2 atom stereocenters. The molecule has 3 aliphatic rings. The molecule has 1 fully saturated rings. The van der Waals surface area contributed by atoms with Gasteiger partial charge in [0.1, 0.15) is 0 Å². The molecule has 0 radical (unpaired) electrons. The van der Waals surface area contributed by atoms with Gasteiger partial charge in [0.25, 0.3) is 0 Å². The van der Waals surface area contributed by atoms with Crippen LogP contribution >= 0.6 is 0 Å². The van der Waals surface area contributed by atoms with Gasteiger partial charge in [-0.2, -0.15) is 0 Å². The van der Waals surface area contributed by atoms with E-state index in [0.717, 1.165) is 12.4 Å². The second-order valence-corrected chi connectivity index (χ2v) is 4.48. The van der Waals surface area contributed by atoms with Gasteiger partial charge < -0.3 is 10.6 Å². The summed E-state index contributed by atoms with van der Waals surface area (Å²) in [4.78, 5) is 4.23. The van der Waals surface area contributed by atoms with Crippen LogP contribution in [0.5, 0.6) is 0 Å². The highest BCUT2D eigenvalue weighted by Crippen LogP contribution is 2.34. The van der Waals surface area contributed by atoms with Gasteiger partial charge in [0, 0.05) is 7.05 Å². The normalized spacial score (nSPS) is 35.9. The van der Waals surface area contributed by atoms with Crippen molar-refractivity contribution in [2.45, 2.75) is 37.8 Å². The highest BCUT2D eigenvalue weighted by molar-refractivity contribution is 5.83. The zero-order valence-electron chi connectivity index (χ0n) is 9.09. The van der Waals surface area contributed by atoms with Crippen LogP contribution in [0.1, 0.15) is 25.7 Å². The number of hydrogen-bond acceptors (Lipinski definition) is 1. The lowest BCUT2D eigenvalue weighted by Crippen LogP contribution is -2.58. The van der Waals surface area contributed by atoms with Gasteiger partial charge in [-0.3, -0.25) is 4.99 Å². The minimum atomic E-state index is 0.496. The molecule has 15 heavy (non-hydrogen) atoms. The van der Waals surface area contributed by atoms with Crippen LogP contribution in [0.3, 0.4) is 0 Å². The van der Waals surface area contributed by atoms with Gasteiger partial charge in [0.15, 0.2) is 5.96 Å². The van der Waals surface area contributed by atoms with E-state index >= 15 is 0 Å². The van der Waals surface area contributed by atoms with Gasteiger partial charge in [-0.15, -0.1) is 0 Å². The molecular weight excluding hydrogens is 186 g/mol. The number of guanidine groups is 1. The first kappa shape index (κ1) is 9.01. The van der Waals surface area contributed by atoms with E-state index in [1.165, 1.54) is 19.3 Å². The Hall–Kier alpha value is -1.25. The maximum Gasteiger partial charge on any atom is 0.191 e. The van der Waals surface area contributed by atoms with E-state index in [1.807, 2.05) is 7.05 Å². The molecule has 3 heteroatoms. The average Bonchev–Trinajstić information content (AvgIpc) is 2.29. The Morgan fingerprint density at radius 2 is 2.20 bits per heavy atom. The zero-order chi connectivity index (χ0) is 10.3. The Morgan fingerprint density at radius 1 is 1.33 bits per heavy atom. The van der Waals surface area contributed by atoms with Gasteiger partial charge in [-0.05, 0) is 36.8 Å². The van der Waals surface area contributed by atoms with Crippen molar-refractivity contribution in [3.05, 3.63) is 23.3 Å². The molecule has 0 aromatic carbocycles. The van der Waals surface area contributed by atoms with E-state index in [4.69, 9.17) is 0 Å². The Kier molecular flexibility index (Phi) is 2.04. The molecule has 0 saturated carbocycles. The van der Waals surface area contributed by atoms with E-state index in [-0.39, 0.29) is 0 Å². The van der Waals surface area contributed by atoms with E-state index < -0.39 is 0 Å². The number of aliphatic imine (C=N–C) groups is 1. The second kappa shape index (κ2) is 3.40. The van der Waals surface area contributed by atoms with Crippen LogP contribution in [0.4, 0.5) is 0 Å². The van der Waals surface area contributed by atoms with Gasteiger partial charge >= 0.3 is 0 Å². The SMILES string of the molecule is CN=C1NC2CC=CC3=C2C(CCC3)N1. The average molecular weight is 203 g/mol. The molecule has 2 unspecified atom stereocenters. The molecule has 2 N–H and O–H groups in total. The fraction of sp³-hybridized carbons (Fsp3) is 0.583. The van der Waals surface area contributed by atoms with Crippen LogP contribution in [0, 0.1) is 0 Å². The van der Waals surface area contributed by atoms with Crippen LogP contribution in [0.25, 0.3) is 0 Å². The van der Waals surface area contributed by atoms with Crippen molar-refractivity contribution in [3.63, 3.8) is 0 Å². The minimum absolute atomic E-state index is 0.496.